The van der Waals surface area contributed by atoms with Gasteiger partial charge in [0.15, 0.2) is 5.75 Å². The Morgan fingerprint density at radius 3 is 1.56 bits per heavy atom. The fourth-order valence-corrected chi connectivity index (χ4v) is 5.95. The number of hydrogen-bond acceptors (Lipinski definition) is 7. The van der Waals surface area contributed by atoms with Gasteiger partial charge in [0.2, 0.25) is 11.6 Å². The molecule has 45 heavy (non-hydrogen) atoms. The maximum absolute atomic E-state index is 9.41. The fourth-order valence-electron chi connectivity index (χ4n) is 5.95. The second kappa shape index (κ2) is 11.1. The molecular formula is C38H26N6O. The van der Waals surface area contributed by atoms with E-state index in [-0.39, 0.29) is 23.1 Å². The third kappa shape index (κ3) is 4.93. The molecule has 0 aliphatic carbocycles. The van der Waals surface area contributed by atoms with E-state index in [1.165, 1.54) is 0 Å². The Morgan fingerprint density at radius 2 is 1.04 bits per heavy atom. The number of benzene rings is 5. The number of ether oxygens (including phenoxy) is 1. The lowest BCUT2D eigenvalue weighted by Crippen LogP contribution is -2.31. The molecule has 1 aliphatic heterocycles. The summed E-state index contributed by atoms with van der Waals surface area (Å²) in [7, 11) is 0. The molecule has 0 radical (unpaired) electrons. The zero-order valence-corrected chi connectivity index (χ0v) is 24.6. The summed E-state index contributed by atoms with van der Waals surface area (Å²) >= 11 is 0. The highest BCUT2D eigenvalue weighted by atomic mass is 16.5. The van der Waals surface area contributed by atoms with Crippen molar-refractivity contribution in [1.82, 2.24) is 15.0 Å². The van der Waals surface area contributed by atoms with Crippen LogP contribution >= 0.6 is 0 Å². The molecule has 0 spiro atoms. The van der Waals surface area contributed by atoms with E-state index in [9.17, 15) is 10.5 Å². The molecule has 2 heterocycles. The molecule has 0 saturated carbocycles. The zero-order chi connectivity index (χ0) is 31.0. The SMILES string of the molecule is CC1(C)c2cc(-c3ccccc3)ccc2N(c2ccccc2Oc2nc(C#N)nc(C#N)n2)c2ccc(-c3ccccc3)cc21. The van der Waals surface area contributed by atoms with Gasteiger partial charge in [-0.15, -0.1) is 0 Å². The van der Waals surface area contributed by atoms with E-state index >= 15 is 0 Å². The first-order valence-corrected chi connectivity index (χ1v) is 14.5. The van der Waals surface area contributed by atoms with Crippen LogP contribution in [0.15, 0.2) is 121 Å². The third-order valence-electron chi connectivity index (χ3n) is 8.16. The fraction of sp³-hybridized carbons (Fsp3) is 0.0789. The van der Waals surface area contributed by atoms with Gasteiger partial charge in [0, 0.05) is 5.41 Å². The number of rotatable bonds is 5. The van der Waals surface area contributed by atoms with E-state index in [1.54, 1.807) is 0 Å². The minimum Gasteiger partial charge on any atom is -0.422 e. The Labute approximate surface area is 261 Å². The van der Waals surface area contributed by atoms with Gasteiger partial charge in [0.1, 0.15) is 12.1 Å². The van der Waals surface area contributed by atoms with Crippen LogP contribution < -0.4 is 9.64 Å². The molecule has 0 amide bonds. The van der Waals surface area contributed by atoms with E-state index in [2.05, 4.69) is 119 Å². The number of nitriles is 2. The molecule has 0 unspecified atom stereocenters. The van der Waals surface area contributed by atoms with E-state index in [0.29, 0.717) is 5.75 Å². The Bertz CT molecular complexity index is 2020. The highest BCUT2D eigenvalue weighted by molar-refractivity contribution is 5.90. The normalized spacial score (nSPS) is 12.8. The minimum atomic E-state index is -0.343. The number of anilines is 3. The first kappa shape index (κ1) is 27.5. The van der Waals surface area contributed by atoms with E-state index < -0.39 is 0 Å². The Balaban J connectivity index is 1.44. The molecule has 214 valence electrons. The molecule has 5 aromatic carbocycles. The molecular weight excluding hydrogens is 556 g/mol. The van der Waals surface area contributed by atoms with Crippen molar-refractivity contribution in [2.75, 3.05) is 4.90 Å². The van der Waals surface area contributed by atoms with Crippen LogP contribution in [-0.4, -0.2) is 15.0 Å². The molecule has 0 atom stereocenters. The second-order valence-electron chi connectivity index (χ2n) is 11.2. The minimum absolute atomic E-state index is 0.123. The molecule has 7 nitrogen and oxygen atoms in total. The summed E-state index contributed by atoms with van der Waals surface area (Å²) in [6, 6.07) is 45.2. The summed E-state index contributed by atoms with van der Waals surface area (Å²) in [5.74, 6) is 0.0880. The van der Waals surface area contributed by atoms with Gasteiger partial charge in [-0.25, -0.2) is 0 Å². The van der Waals surface area contributed by atoms with Crippen molar-refractivity contribution in [3.8, 4) is 46.2 Å². The standard InChI is InChI=1S/C38H26N6O/c1-38(2)29-21-27(25-11-5-3-6-12-25)17-19-31(29)44(32-20-18-28(22-30(32)38)26-13-7-4-8-14-26)33-15-9-10-16-34(33)45-37-42-35(23-39)41-36(24-40)43-37/h3-22H,1-2H3. The van der Waals surface area contributed by atoms with Gasteiger partial charge in [-0.3, -0.25) is 0 Å². The molecule has 0 bridgehead atoms. The summed E-state index contributed by atoms with van der Waals surface area (Å²) in [5.41, 5.74) is 9.32. The summed E-state index contributed by atoms with van der Waals surface area (Å²) < 4.78 is 6.21. The first-order valence-electron chi connectivity index (χ1n) is 14.5. The van der Waals surface area contributed by atoms with Crippen LogP contribution in [-0.2, 0) is 5.41 Å². The van der Waals surface area contributed by atoms with Crippen molar-refractivity contribution >= 4 is 17.1 Å². The van der Waals surface area contributed by atoms with Crippen LogP contribution in [0.5, 0.6) is 11.8 Å². The van der Waals surface area contributed by atoms with Gasteiger partial charge in [-0.1, -0.05) is 98.8 Å². The third-order valence-corrected chi connectivity index (χ3v) is 8.16. The maximum Gasteiger partial charge on any atom is 0.327 e. The topological polar surface area (TPSA) is 98.7 Å². The summed E-state index contributed by atoms with van der Waals surface area (Å²) in [4.78, 5) is 14.2. The van der Waals surface area contributed by atoms with Crippen molar-refractivity contribution < 1.29 is 4.74 Å². The van der Waals surface area contributed by atoms with Crippen LogP contribution in [0, 0.1) is 22.7 Å². The van der Waals surface area contributed by atoms with E-state index in [1.807, 2.05) is 48.5 Å². The van der Waals surface area contributed by atoms with Crippen LogP contribution in [0.4, 0.5) is 17.1 Å². The molecule has 0 N–H and O–H groups in total. The monoisotopic (exact) mass is 582 g/mol. The number of para-hydroxylation sites is 2. The lowest BCUT2D eigenvalue weighted by atomic mass is 9.72. The van der Waals surface area contributed by atoms with Crippen LogP contribution in [0.25, 0.3) is 22.3 Å². The average molecular weight is 583 g/mol. The summed E-state index contributed by atoms with van der Waals surface area (Å²) in [6.07, 6.45) is 0. The van der Waals surface area contributed by atoms with Crippen molar-refractivity contribution in [2.24, 2.45) is 0 Å². The van der Waals surface area contributed by atoms with Gasteiger partial charge in [-0.2, -0.15) is 25.5 Å². The zero-order valence-electron chi connectivity index (χ0n) is 24.6. The van der Waals surface area contributed by atoms with Crippen molar-refractivity contribution in [3.63, 3.8) is 0 Å². The Morgan fingerprint density at radius 1 is 0.556 bits per heavy atom. The molecule has 0 saturated heterocycles. The maximum atomic E-state index is 9.41. The van der Waals surface area contributed by atoms with Crippen molar-refractivity contribution in [2.45, 2.75) is 19.3 Å². The number of aromatic nitrogens is 3. The predicted molar refractivity (Wildman–Crippen MR) is 173 cm³/mol. The summed E-state index contributed by atoms with van der Waals surface area (Å²) in [6.45, 7) is 4.54. The van der Waals surface area contributed by atoms with Gasteiger partial charge >= 0.3 is 6.01 Å². The number of hydrogen-bond donors (Lipinski definition) is 0. The molecule has 7 heteroatoms. The number of nitrogens with zero attached hydrogens (tertiary/aromatic N) is 6. The van der Waals surface area contributed by atoms with Gasteiger partial charge in [-0.05, 0) is 69.8 Å². The Kier molecular flexibility index (Phi) is 6.77. The first-order chi connectivity index (χ1) is 22.0. The van der Waals surface area contributed by atoms with Gasteiger partial charge in [0.05, 0.1) is 17.1 Å². The molecule has 1 aromatic heterocycles. The smallest absolute Gasteiger partial charge is 0.327 e. The van der Waals surface area contributed by atoms with Crippen LogP contribution in [0.2, 0.25) is 0 Å². The van der Waals surface area contributed by atoms with Crippen molar-refractivity contribution in [3.05, 3.63) is 144 Å². The van der Waals surface area contributed by atoms with E-state index in [0.717, 1.165) is 50.4 Å². The van der Waals surface area contributed by atoms with Crippen LogP contribution in [0.3, 0.4) is 0 Å². The van der Waals surface area contributed by atoms with Gasteiger partial charge < -0.3 is 9.64 Å². The molecule has 0 fully saturated rings. The quantitative estimate of drug-likeness (QED) is 0.200. The van der Waals surface area contributed by atoms with Crippen LogP contribution in [0.1, 0.15) is 36.6 Å². The second-order valence-corrected chi connectivity index (χ2v) is 11.2. The Hall–Kier alpha value is -6.31. The highest BCUT2D eigenvalue weighted by Gasteiger charge is 2.38. The largest absolute Gasteiger partial charge is 0.422 e. The summed E-state index contributed by atoms with van der Waals surface area (Å²) in [5, 5.41) is 18.8. The van der Waals surface area contributed by atoms with Crippen molar-refractivity contribution in [1.29, 1.82) is 10.5 Å². The molecule has 6 aromatic rings. The van der Waals surface area contributed by atoms with Gasteiger partial charge in [0.25, 0.3) is 0 Å². The lowest BCUT2D eigenvalue weighted by Gasteiger charge is -2.42. The molecule has 7 rings (SSSR count). The highest BCUT2D eigenvalue weighted by Crippen LogP contribution is 2.55. The number of fused-ring (bicyclic) bond motifs is 2. The van der Waals surface area contributed by atoms with E-state index in [4.69, 9.17) is 4.74 Å². The average Bonchev–Trinajstić information content (AvgIpc) is 3.09. The lowest BCUT2D eigenvalue weighted by molar-refractivity contribution is 0.438. The molecule has 1 aliphatic rings. The predicted octanol–water partition coefficient (Wildman–Crippen LogP) is 8.85.